The molecule has 0 aromatic carbocycles. The van der Waals surface area contributed by atoms with Gasteiger partial charge in [0.15, 0.2) is 5.79 Å². The summed E-state index contributed by atoms with van der Waals surface area (Å²) in [7, 11) is 0. The van der Waals surface area contributed by atoms with Gasteiger partial charge in [-0.1, -0.05) is 43.6 Å². The minimum Gasteiger partial charge on any atom is -0.350 e. The fourth-order valence-electron chi connectivity index (χ4n) is 3.42. The molecule has 0 N–H and O–H groups in total. The zero-order valence-electron chi connectivity index (χ0n) is 17.9. The van der Waals surface area contributed by atoms with Crippen molar-refractivity contribution < 1.29 is 9.47 Å². The summed E-state index contributed by atoms with van der Waals surface area (Å²) in [6, 6.07) is 0. The van der Waals surface area contributed by atoms with E-state index in [0.717, 1.165) is 44.6 Å². The summed E-state index contributed by atoms with van der Waals surface area (Å²) in [5.41, 5.74) is 2.96. The van der Waals surface area contributed by atoms with Gasteiger partial charge in [0.25, 0.3) is 0 Å². The summed E-state index contributed by atoms with van der Waals surface area (Å²) in [6.45, 7) is 16.3. The molecule has 146 valence electrons. The molecule has 0 aromatic heterocycles. The van der Waals surface area contributed by atoms with Crippen LogP contribution < -0.4 is 0 Å². The maximum atomic E-state index is 6.15. The first-order chi connectivity index (χ1) is 11.6. The van der Waals surface area contributed by atoms with Gasteiger partial charge >= 0.3 is 0 Å². The number of hydrogen-bond acceptors (Lipinski definition) is 2. The Morgan fingerprint density at radius 1 is 1.00 bits per heavy atom. The monoisotopic (exact) mass is 350 g/mol. The fourth-order valence-corrected chi connectivity index (χ4v) is 3.42. The van der Waals surface area contributed by atoms with Gasteiger partial charge in [0, 0.05) is 6.42 Å². The first kappa shape index (κ1) is 22.4. The highest BCUT2D eigenvalue weighted by atomic mass is 16.7. The quantitative estimate of drug-likeness (QED) is 0.388. The zero-order valence-corrected chi connectivity index (χ0v) is 17.9. The minimum absolute atomic E-state index is 0.0658. The Morgan fingerprint density at radius 2 is 1.64 bits per heavy atom. The first-order valence-corrected chi connectivity index (χ1v) is 10.3. The SMILES string of the molecule is CC(=CCCC1(C)OCCC(C)(C)O1)CCC=C(C)CCCC(C)C. The van der Waals surface area contributed by atoms with Crippen molar-refractivity contribution >= 4 is 0 Å². The topological polar surface area (TPSA) is 18.5 Å². The third-order valence-electron chi connectivity index (χ3n) is 5.08. The average molecular weight is 351 g/mol. The number of ether oxygens (including phenoxy) is 2. The van der Waals surface area contributed by atoms with Crippen LogP contribution in [-0.2, 0) is 9.47 Å². The molecule has 1 unspecified atom stereocenters. The lowest BCUT2D eigenvalue weighted by molar-refractivity contribution is -0.312. The highest BCUT2D eigenvalue weighted by molar-refractivity contribution is 5.04. The zero-order chi connectivity index (χ0) is 18.9. The number of hydrogen-bond donors (Lipinski definition) is 0. The van der Waals surface area contributed by atoms with E-state index in [4.69, 9.17) is 9.47 Å². The molecule has 2 nitrogen and oxygen atoms in total. The molecule has 1 heterocycles. The Morgan fingerprint density at radius 3 is 2.28 bits per heavy atom. The van der Waals surface area contributed by atoms with Crippen molar-refractivity contribution in [2.45, 2.75) is 111 Å². The molecule has 1 fully saturated rings. The van der Waals surface area contributed by atoms with E-state index in [1.54, 1.807) is 5.57 Å². The van der Waals surface area contributed by atoms with Gasteiger partial charge < -0.3 is 9.47 Å². The molecule has 0 saturated carbocycles. The van der Waals surface area contributed by atoms with Crippen molar-refractivity contribution in [2.75, 3.05) is 6.61 Å². The molecule has 0 aromatic rings. The summed E-state index contributed by atoms with van der Waals surface area (Å²) in [4.78, 5) is 0. The van der Waals surface area contributed by atoms with E-state index < -0.39 is 5.79 Å². The van der Waals surface area contributed by atoms with Gasteiger partial charge in [0.1, 0.15) is 0 Å². The van der Waals surface area contributed by atoms with Crippen molar-refractivity contribution in [3.05, 3.63) is 23.3 Å². The molecule has 25 heavy (non-hydrogen) atoms. The van der Waals surface area contributed by atoms with Crippen LogP contribution in [-0.4, -0.2) is 18.0 Å². The van der Waals surface area contributed by atoms with E-state index in [1.165, 1.54) is 24.8 Å². The summed E-state index contributed by atoms with van der Waals surface area (Å²) < 4.78 is 12.0. The lowest BCUT2D eigenvalue weighted by Gasteiger charge is -2.43. The molecular formula is C23H42O2. The summed E-state index contributed by atoms with van der Waals surface area (Å²) in [6.07, 6.45) is 13.9. The lowest BCUT2D eigenvalue weighted by atomic mass is 10.0. The van der Waals surface area contributed by atoms with Crippen LogP contribution in [0.4, 0.5) is 0 Å². The van der Waals surface area contributed by atoms with Crippen molar-refractivity contribution in [1.82, 2.24) is 0 Å². The third-order valence-corrected chi connectivity index (χ3v) is 5.08. The second-order valence-corrected chi connectivity index (χ2v) is 9.06. The Kier molecular flexibility index (Phi) is 9.45. The molecule has 0 spiro atoms. The molecule has 0 radical (unpaired) electrons. The van der Waals surface area contributed by atoms with Crippen molar-refractivity contribution in [3.8, 4) is 0 Å². The van der Waals surface area contributed by atoms with Gasteiger partial charge in [0.2, 0.25) is 0 Å². The van der Waals surface area contributed by atoms with Crippen LogP contribution in [0.1, 0.15) is 99.8 Å². The van der Waals surface area contributed by atoms with Gasteiger partial charge in [-0.05, 0) is 79.1 Å². The lowest BCUT2D eigenvalue weighted by Crippen LogP contribution is -2.47. The van der Waals surface area contributed by atoms with E-state index in [9.17, 15) is 0 Å². The molecule has 1 aliphatic heterocycles. The van der Waals surface area contributed by atoms with E-state index in [2.05, 4.69) is 60.6 Å². The van der Waals surface area contributed by atoms with Gasteiger partial charge in [0.05, 0.1) is 12.2 Å². The minimum atomic E-state index is -0.425. The van der Waals surface area contributed by atoms with Gasteiger partial charge in [-0.3, -0.25) is 0 Å². The molecule has 1 aliphatic rings. The highest BCUT2D eigenvalue weighted by Gasteiger charge is 2.37. The second-order valence-electron chi connectivity index (χ2n) is 9.06. The normalized spacial score (nSPS) is 24.8. The molecule has 0 bridgehead atoms. The van der Waals surface area contributed by atoms with Crippen molar-refractivity contribution in [3.63, 3.8) is 0 Å². The largest absolute Gasteiger partial charge is 0.350 e. The predicted octanol–water partition coefficient (Wildman–Crippen LogP) is 7.20. The Bertz CT molecular complexity index is 445. The molecule has 2 heteroatoms. The smallest absolute Gasteiger partial charge is 0.166 e. The molecule has 0 aliphatic carbocycles. The van der Waals surface area contributed by atoms with Crippen LogP contribution in [0, 0.1) is 5.92 Å². The fraction of sp³-hybridized carbons (Fsp3) is 0.826. The van der Waals surface area contributed by atoms with Crippen LogP contribution in [0.25, 0.3) is 0 Å². The van der Waals surface area contributed by atoms with Gasteiger partial charge in [-0.2, -0.15) is 0 Å². The van der Waals surface area contributed by atoms with Crippen LogP contribution in [0.15, 0.2) is 23.3 Å². The summed E-state index contributed by atoms with van der Waals surface area (Å²) in [5.74, 6) is 0.397. The maximum absolute atomic E-state index is 6.15. The molecule has 0 amide bonds. The van der Waals surface area contributed by atoms with E-state index in [1.807, 2.05) is 0 Å². The summed E-state index contributed by atoms with van der Waals surface area (Å²) in [5, 5.41) is 0. The van der Waals surface area contributed by atoms with Crippen molar-refractivity contribution in [2.24, 2.45) is 5.92 Å². The van der Waals surface area contributed by atoms with Crippen LogP contribution >= 0.6 is 0 Å². The number of rotatable bonds is 10. The third kappa shape index (κ3) is 10.2. The standard InChI is InChI=1S/C23H42O2/c1-19(2)11-8-12-20(3)13-9-14-21(4)15-10-16-23(7)24-18-17-22(5,6)25-23/h13,15,19H,8-12,14,16-18H2,1-7H3. The summed E-state index contributed by atoms with van der Waals surface area (Å²) >= 11 is 0. The first-order valence-electron chi connectivity index (χ1n) is 10.3. The predicted molar refractivity (Wildman–Crippen MR) is 109 cm³/mol. The van der Waals surface area contributed by atoms with E-state index >= 15 is 0 Å². The van der Waals surface area contributed by atoms with Gasteiger partial charge in [-0.25, -0.2) is 0 Å². The Hall–Kier alpha value is -0.600. The molecule has 1 atom stereocenters. The van der Waals surface area contributed by atoms with Crippen LogP contribution in [0.3, 0.4) is 0 Å². The second kappa shape index (κ2) is 10.5. The molecular weight excluding hydrogens is 308 g/mol. The van der Waals surface area contributed by atoms with Crippen LogP contribution in [0.5, 0.6) is 0 Å². The molecule has 1 saturated heterocycles. The Labute approximate surface area is 157 Å². The van der Waals surface area contributed by atoms with E-state index in [-0.39, 0.29) is 5.60 Å². The van der Waals surface area contributed by atoms with Crippen LogP contribution in [0.2, 0.25) is 0 Å². The van der Waals surface area contributed by atoms with E-state index in [0.29, 0.717) is 0 Å². The number of allylic oxidation sites excluding steroid dienone is 4. The highest BCUT2D eigenvalue weighted by Crippen LogP contribution is 2.33. The average Bonchev–Trinajstić information content (AvgIpc) is 2.45. The van der Waals surface area contributed by atoms with Gasteiger partial charge in [-0.15, -0.1) is 0 Å². The van der Waals surface area contributed by atoms with Crippen molar-refractivity contribution in [1.29, 1.82) is 0 Å². The maximum Gasteiger partial charge on any atom is 0.166 e. The Balaban J connectivity index is 2.27. The molecule has 1 rings (SSSR count).